The Morgan fingerprint density at radius 1 is 1.32 bits per heavy atom. The summed E-state index contributed by atoms with van der Waals surface area (Å²) in [6.45, 7) is 3.65. The highest BCUT2D eigenvalue weighted by Gasteiger charge is 2.15. The third-order valence-corrected chi connectivity index (χ3v) is 3.96. The number of carbonyl (C=O) groups is 1. The number of hydrogen-bond donors (Lipinski definition) is 2. The molecule has 0 heterocycles. The average Bonchev–Trinajstić information content (AvgIpc) is 2.38. The minimum Gasteiger partial charge on any atom is -0.481 e. The predicted octanol–water partition coefficient (Wildman–Crippen LogP) is 0.498. The minimum absolute atomic E-state index is 0.161. The van der Waals surface area contributed by atoms with Gasteiger partial charge in [0.05, 0.1) is 4.90 Å². The van der Waals surface area contributed by atoms with E-state index >= 15 is 0 Å². The normalized spacial score (nSPS) is 12.8. The molecule has 0 saturated heterocycles. The van der Waals surface area contributed by atoms with E-state index in [0.717, 1.165) is 0 Å². The fourth-order valence-electron chi connectivity index (χ4n) is 1.43. The van der Waals surface area contributed by atoms with Crippen LogP contribution in [0.25, 0.3) is 0 Å². The van der Waals surface area contributed by atoms with Crippen molar-refractivity contribution in [2.45, 2.75) is 24.8 Å². The van der Waals surface area contributed by atoms with Crippen molar-refractivity contribution < 1.29 is 17.9 Å². The second kappa shape index (κ2) is 6.53. The predicted molar refractivity (Wildman–Crippen MR) is 71.5 cm³/mol. The molecule has 0 fully saturated rings. The summed E-state index contributed by atoms with van der Waals surface area (Å²) in [7, 11) is -1.94. The summed E-state index contributed by atoms with van der Waals surface area (Å²) in [6.07, 6.45) is -0.638. The van der Waals surface area contributed by atoms with E-state index in [9.17, 15) is 13.2 Å². The number of rotatable bonds is 6. The van der Waals surface area contributed by atoms with Crippen molar-refractivity contribution in [2.24, 2.45) is 0 Å². The van der Waals surface area contributed by atoms with Crippen LogP contribution in [0, 0.1) is 0 Å². The van der Waals surface area contributed by atoms with E-state index in [1.54, 1.807) is 13.8 Å². The molecule has 0 spiro atoms. The lowest BCUT2D eigenvalue weighted by molar-refractivity contribution is -0.126. The van der Waals surface area contributed by atoms with Gasteiger partial charge < -0.3 is 10.1 Å². The van der Waals surface area contributed by atoms with E-state index in [4.69, 9.17) is 4.74 Å². The van der Waals surface area contributed by atoms with Crippen LogP contribution in [0.4, 0.5) is 0 Å². The second-order valence-electron chi connectivity index (χ2n) is 3.85. The molecule has 0 aliphatic carbocycles. The summed E-state index contributed by atoms with van der Waals surface area (Å²) in [4.78, 5) is 11.4. The van der Waals surface area contributed by atoms with Crippen molar-refractivity contribution in [1.29, 1.82) is 0 Å². The molecule has 0 bridgehead atoms. The average molecular weight is 286 g/mol. The van der Waals surface area contributed by atoms with Gasteiger partial charge >= 0.3 is 0 Å². The molecule has 1 aromatic rings. The zero-order valence-electron chi connectivity index (χ0n) is 11.1. The van der Waals surface area contributed by atoms with E-state index in [1.807, 2.05) is 0 Å². The number of hydrogen-bond acceptors (Lipinski definition) is 4. The van der Waals surface area contributed by atoms with Crippen molar-refractivity contribution in [3.63, 3.8) is 0 Å². The molecule has 0 aromatic heterocycles. The van der Waals surface area contributed by atoms with E-state index in [-0.39, 0.29) is 10.8 Å². The van der Waals surface area contributed by atoms with Gasteiger partial charge in [-0.05, 0) is 31.2 Å². The van der Waals surface area contributed by atoms with Gasteiger partial charge in [-0.2, -0.15) is 0 Å². The number of benzene rings is 1. The smallest absolute Gasteiger partial charge is 0.260 e. The summed E-state index contributed by atoms with van der Waals surface area (Å²) in [5, 5.41) is 2.47. The molecule has 7 heteroatoms. The Labute approximate surface area is 113 Å². The van der Waals surface area contributed by atoms with Crippen molar-refractivity contribution in [3.8, 4) is 5.75 Å². The number of ether oxygens (including phenoxy) is 1. The first kappa shape index (κ1) is 15.5. The molecule has 6 nitrogen and oxygen atoms in total. The standard InChI is InChI=1S/C12H18N2O4S/c1-4-14-19(16,17)11-7-5-10(6-8-11)18-9(2)12(15)13-3/h5-9,14H,4H2,1-3H3,(H,13,15)/t9-/m1/s1. The number of amides is 1. The highest BCUT2D eigenvalue weighted by molar-refractivity contribution is 7.89. The SMILES string of the molecule is CCNS(=O)(=O)c1ccc(O[C@H](C)C(=O)NC)cc1. The van der Waals surface area contributed by atoms with Gasteiger partial charge in [-0.15, -0.1) is 0 Å². The number of sulfonamides is 1. The van der Waals surface area contributed by atoms with Crippen LogP contribution >= 0.6 is 0 Å². The fourth-order valence-corrected chi connectivity index (χ4v) is 2.47. The largest absolute Gasteiger partial charge is 0.481 e. The summed E-state index contributed by atoms with van der Waals surface area (Å²) in [5.74, 6) is 0.191. The molecule has 1 aromatic carbocycles. The zero-order valence-corrected chi connectivity index (χ0v) is 12.0. The van der Waals surface area contributed by atoms with Crippen LogP contribution < -0.4 is 14.8 Å². The van der Waals surface area contributed by atoms with E-state index in [1.165, 1.54) is 31.3 Å². The van der Waals surface area contributed by atoms with Gasteiger partial charge in [0.15, 0.2) is 6.10 Å². The van der Waals surface area contributed by atoms with Crippen molar-refractivity contribution in [2.75, 3.05) is 13.6 Å². The van der Waals surface area contributed by atoms with Gasteiger partial charge in [0.2, 0.25) is 10.0 Å². The van der Waals surface area contributed by atoms with Gasteiger partial charge in [0.1, 0.15) is 5.75 Å². The Morgan fingerprint density at radius 3 is 2.37 bits per heavy atom. The fraction of sp³-hybridized carbons (Fsp3) is 0.417. The molecule has 1 atom stereocenters. The maximum Gasteiger partial charge on any atom is 0.260 e. The molecular formula is C12H18N2O4S. The number of nitrogens with one attached hydrogen (secondary N) is 2. The highest BCUT2D eigenvalue weighted by atomic mass is 32.2. The first-order valence-electron chi connectivity index (χ1n) is 5.88. The summed E-state index contributed by atoms with van der Waals surface area (Å²) in [5.41, 5.74) is 0. The van der Waals surface area contributed by atoms with Crippen LogP contribution in [0.1, 0.15) is 13.8 Å². The first-order chi connectivity index (χ1) is 8.90. The van der Waals surface area contributed by atoms with Crippen molar-refractivity contribution in [1.82, 2.24) is 10.0 Å². The van der Waals surface area contributed by atoms with Crippen LogP contribution in [0.3, 0.4) is 0 Å². The minimum atomic E-state index is -3.46. The van der Waals surface area contributed by atoms with Crippen molar-refractivity contribution in [3.05, 3.63) is 24.3 Å². The van der Waals surface area contributed by atoms with E-state index in [2.05, 4.69) is 10.0 Å². The molecule has 0 aliphatic heterocycles. The van der Waals surface area contributed by atoms with E-state index < -0.39 is 16.1 Å². The lowest BCUT2D eigenvalue weighted by atomic mass is 10.3. The quantitative estimate of drug-likeness (QED) is 0.797. The monoisotopic (exact) mass is 286 g/mol. The van der Waals surface area contributed by atoms with Crippen LogP contribution in [0.15, 0.2) is 29.2 Å². The van der Waals surface area contributed by atoms with E-state index in [0.29, 0.717) is 12.3 Å². The van der Waals surface area contributed by atoms with Crippen LogP contribution in [-0.2, 0) is 14.8 Å². The van der Waals surface area contributed by atoms with Crippen LogP contribution in [-0.4, -0.2) is 34.0 Å². The zero-order chi connectivity index (χ0) is 14.5. The van der Waals surface area contributed by atoms with Gasteiger partial charge in [0.25, 0.3) is 5.91 Å². The topological polar surface area (TPSA) is 84.5 Å². The second-order valence-corrected chi connectivity index (χ2v) is 5.61. The Balaban J connectivity index is 2.80. The third-order valence-electron chi connectivity index (χ3n) is 2.40. The molecule has 0 saturated carbocycles. The van der Waals surface area contributed by atoms with Crippen LogP contribution in [0.5, 0.6) is 5.75 Å². The Kier molecular flexibility index (Phi) is 5.31. The number of carbonyl (C=O) groups excluding carboxylic acids is 1. The molecule has 1 rings (SSSR count). The lowest BCUT2D eigenvalue weighted by Gasteiger charge is -2.13. The molecule has 1 amide bonds. The first-order valence-corrected chi connectivity index (χ1v) is 7.37. The van der Waals surface area contributed by atoms with Gasteiger partial charge in [-0.25, -0.2) is 13.1 Å². The molecular weight excluding hydrogens is 268 g/mol. The number of likely N-dealkylation sites (N-methyl/N-ethyl adjacent to an activating group) is 1. The van der Waals surface area contributed by atoms with Crippen LogP contribution in [0.2, 0.25) is 0 Å². The van der Waals surface area contributed by atoms with Gasteiger partial charge in [0, 0.05) is 13.6 Å². The molecule has 0 radical (unpaired) electrons. The Bertz CT molecular complexity index is 525. The Hall–Kier alpha value is -1.60. The summed E-state index contributed by atoms with van der Waals surface area (Å²) < 4.78 is 31.2. The molecule has 2 N–H and O–H groups in total. The lowest BCUT2D eigenvalue weighted by Crippen LogP contribution is -2.33. The molecule has 0 unspecified atom stereocenters. The van der Waals surface area contributed by atoms with Gasteiger partial charge in [-0.3, -0.25) is 4.79 Å². The van der Waals surface area contributed by atoms with Crippen molar-refractivity contribution >= 4 is 15.9 Å². The molecule has 19 heavy (non-hydrogen) atoms. The third kappa shape index (κ3) is 4.22. The Morgan fingerprint density at radius 2 is 1.89 bits per heavy atom. The molecule has 106 valence electrons. The maximum absolute atomic E-state index is 11.7. The summed E-state index contributed by atoms with van der Waals surface area (Å²) in [6, 6.07) is 5.90. The molecule has 0 aliphatic rings. The highest BCUT2D eigenvalue weighted by Crippen LogP contribution is 2.17. The maximum atomic E-state index is 11.7. The summed E-state index contributed by atoms with van der Waals surface area (Å²) >= 11 is 0. The van der Waals surface area contributed by atoms with Gasteiger partial charge in [-0.1, -0.05) is 6.92 Å².